The van der Waals surface area contributed by atoms with Gasteiger partial charge in [0.1, 0.15) is 0 Å². The molecule has 0 spiro atoms. The van der Waals surface area contributed by atoms with E-state index < -0.39 is 5.41 Å². The summed E-state index contributed by atoms with van der Waals surface area (Å²) in [5.41, 5.74) is 1.87. The van der Waals surface area contributed by atoms with Gasteiger partial charge in [0, 0.05) is 5.57 Å². The average molecular weight is 280 g/mol. The van der Waals surface area contributed by atoms with Gasteiger partial charge in [0.2, 0.25) is 0 Å². The number of rotatable bonds is 5. The van der Waals surface area contributed by atoms with Gasteiger partial charge in [0.25, 0.3) is 0 Å². The highest BCUT2D eigenvalue weighted by Gasteiger charge is 2.45. The fraction of sp³-hybridized carbons (Fsp3) is 0.625. The van der Waals surface area contributed by atoms with Crippen molar-refractivity contribution in [3.63, 3.8) is 0 Å². The molecule has 0 heterocycles. The Hall–Kier alpha value is -1.58. The molecule has 0 amide bonds. The van der Waals surface area contributed by atoms with Crippen molar-refractivity contribution in [2.24, 2.45) is 5.41 Å². The van der Waals surface area contributed by atoms with Gasteiger partial charge in [-0.25, -0.2) is 4.79 Å². The second kappa shape index (κ2) is 6.73. The molecule has 0 N–H and O–H groups in total. The molecule has 0 fully saturated rings. The van der Waals surface area contributed by atoms with E-state index in [-0.39, 0.29) is 11.9 Å². The van der Waals surface area contributed by atoms with E-state index in [9.17, 15) is 9.59 Å². The first-order valence-corrected chi connectivity index (χ1v) is 7.02. The SMILES string of the molecule is C=C(CC)C1(C(=O)OC)CCC(C(=O)OC)=C(CC)C1. The molecule has 112 valence electrons. The molecule has 0 radical (unpaired) electrons. The molecular weight excluding hydrogens is 256 g/mol. The van der Waals surface area contributed by atoms with Gasteiger partial charge in [0.05, 0.1) is 19.6 Å². The van der Waals surface area contributed by atoms with E-state index in [1.165, 1.54) is 14.2 Å². The summed E-state index contributed by atoms with van der Waals surface area (Å²) < 4.78 is 9.82. The van der Waals surface area contributed by atoms with Gasteiger partial charge in [-0.15, -0.1) is 0 Å². The van der Waals surface area contributed by atoms with Gasteiger partial charge >= 0.3 is 11.9 Å². The largest absolute Gasteiger partial charge is 0.468 e. The topological polar surface area (TPSA) is 52.6 Å². The molecule has 0 aromatic heterocycles. The fourth-order valence-electron chi connectivity index (χ4n) is 2.94. The molecule has 1 aliphatic carbocycles. The maximum Gasteiger partial charge on any atom is 0.333 e. The second-order valence-corrected chi connectivity index (χ2v) is 5.13. The third-order valence-corrected chi connectivity index (χ3v) is 4.28. The van der Waals surface area contributed by atoms with Crippen molar-refractivity contribution >= 4 is 11.9 Å². The monoisotopic (exact) mass is 280 g/mol. The normalized spacial score (nSPS) is 22.4. The number of hydrogen-bond acceptors (Lipinski definition) is 4. The maximum atomic E-state index is 12.3. The van der Waals surface area contributed by atoms with E-state index >= 15 is 0 Å². The van der Waals surface area contributed by atoms with Crippen LogP contribution in [0.3, 0.4) is 0 Å². The number of esters is 2. The minimum absolute atomic E-state index is 0.251. The molecule has 0 saturated heterocycles. The summed E-state index contributed by atoms with van der Waals surface area (Å²) in [4.78, 5) is 24.1. The van der Waals surface area contributed by atoms with E-state index in [0.717, 1.165) is 24.0 Å². The molecule has 0 aromatic carbocycles. The van der Waals surface area contributed by atoms with E-state index in [2.05, 4.69) is 6.58 Å². The molecule has 1 rings (SSSR count). The van der Waals surface area contributed by atoms with Crippen LogP contribution >= 0.6 is 0 Å². The predicted octanol–water partition coefficient (Wildman–Crippen LogP) is 3.18. The molecule has 0 saturated carbocycles. The summed E-state index contributed by atoms with van der Waals surface area (Å²) in [7, 11) is 2.79. The Bertz CT molecular complexity index is 429. The Labute approximate surface area is 120 Å². The van der Waals surface area contributed by atoms with Gasteiger partial charge in [0.15, 0.2) is 0 Å². The summed E-state index contributed by atoms with van der Waals surface area (Å²) in [5, 5.41) is 0. The number of carbonyl (C=O) groups is 2. The Morgan fingerprint density at radius 2 is 1.90 bits per heavy atom. The predicted molar refractivity (Wildman–Crippen MR) is 77.1 cm³/mol. The smallest absolute Gasteiger partial charge is 0.333 e. The highest BCUT2D eigenvalue weighted by molar-refractivity contribution is 5.91. The summed E-state index contributed by atoms with van der Waals surface area (Å²) in [6.07, 6.45) is 3.04. The summed E-state index contributed by atoms with van der Waals surface area (Å²) in [6.45, 7) is 8.03. The summed E-state index contributed by atoms with van der Waals surface area (Å²) >= 11 is 0. The highest BCUT2D eigenvalue weighted by Crippen LogP contribution is 2.47. The first kappa shape index (κ1) is 16.5. The number of methoxy groups -OCH3 is 2. The van der Waals surface area contributed by atoms with Crippen LogP contribution in [0.1, 0.15) is 46.0 Å². The minimum Gasteiger partial charge on any atom is -0.468 e. The summed E-state index contributed by atoms with van der Waals surface area (Å²) in [5.74, 6) is -0.540. The van der Waals surface area contributed by atoms with E-state index in [1.807, 2.05) is 13.8 Å². The van der Waals surface area contributed by atoms with E-state index in [4.69, 9.17) is 9.47 Å². The van der Waals surface area contributed by atoms with Gasteiger partial charge in [-0.2, -0.15) is 0 Å². The third kappa shape index (κ3) is 2.79. The van der Waals surface area contributed by atoms with Gasteiger partial charge in [-0.05, 0) is 32.1 Å². The van der Waals surface area contributed by atoms with Crippen molar-refractivity contribution in [3.8, 4) is 0 Å². The quantitative estimate of drug-likeness (QED) is 0.573. The zero-order valence-electron chi connectivity index (χ0n) is 12.9. The lowest BCUT2D eigenvalue weighted by atomic mass is 9.66. The van der Waals surface area contributed by atoms with Crippen molar-refractivity contribution in [2.75, 3.05) is 14.2 Å². The van der Waals surface area contributed by atoms with Crippen LogP contribution in [0.15, 0.2) is 23.3 Å². The van der Waals surface area contributed by atoms with Crippen molar-refractivity contribution in [1.29, 1.82) is 0 Å². The number of ether oxygens (including phenoxy) is 2. The molecule has 20 heavy (non-hydrogen) atoms. The molecule has 4 heteroatoms. The van der Waals surface area contributed by atoms with Gasteiger partial charge in [-0.1, -0.05) is 31.6 Å². The van der Waals surface area contributed by atoms with Crippen LogP contribution in [-0.2, 0) is 19.1 Å². The van der Waals surface area contributed by atoms with Crippen molar-refractivity contribution in [1.82, 2.24) is 0 Å². The standard InChI is InChI=1S/C16H24O4/c1-6-11(3)16(15(18)20-5)9-8-13(14(17)19-4)12(7-2)10-16/h3,6-10H2,1-2,4-5H3. The van der Waals surface area contributed by atoms with Crippen molar-refractivity contribution in [2.45, 2.75) is 46.0 Å². The van der Waals surface area contributed by atoms with Crippen molar-refractivity contribution < 1.29 is 19.1 Å². The van der Waals surface area contributed by atoms with Gasteiger partial charge in [-0.3, -0.25) is 4.79 Å². The Morgan fingerprint density at radius 3 is 2.35 bits per heavy atom. The lowest BCUT2D eigenvalue weighted by Crippen LogP contribution is -2.37. The zero-order chi connectivity index (χ0) is 15.3. The lowest BCUT2D eigenvalue weighted by Gasteiger charge is -2.37. The Morgan fingerprint density at radius 1 is 1.25 bits per heavy atom. The van der Waals surface area contributed by atoms with Crippen LogP contribution in [0.25, 0.3) is 0 Å². The van der Waals surface area contributed by atoms with Crippen LogP contribution in [0.4, 0.5) is 0 Å². The molecule has 1 atom stereocenters. The van der Waals surface area contributed by atoms with Crippen LogP contribution in [0, 0.1) is 5.41 Å². The van der Waals surface area contributed by atoms with Crippen LogP contribution in [0.5, 0.6) is 0 Å². The number of hydrogen-bond donors (Lipinski definition) is 0. The summed E-state index contributed by atoms with van der Waals surface area (Å²) in [6, 6.07) is 0. The molecule has 4 nitrogen and oxygen atoms in total. The molecule has 0 bridgehead atoms. The van der Waals surface area contributed by atoms with Crippen LogP contribution in [-0.4, -0.2) is 26.2 Å². The van der Waals surface area contributed by atoms with Gasteiger partial charge < -0.3 is 9.47 Å². The second-order valence-electron chi connectivity index (χ2n) is 5.13. The average Bonchev–Trinajstić information content (AvgIpc) is 2.51. The molecule has 1 aliphatic rings. The molecule has 0 aliphatic heterocycles. The Kier molecular flexibility index (Phi) is 5.54. The first-order chi connectivity index (χ1) is 9.46. The minimum atomic E-state index is -0.688. The van der Waals surface area contributed by atoms with Crippen LogP contribution in [0.2, 0.25) is 0 Å². The maximum absolute atomic E-state index is 12.3. The lowest BCUT2D eigenvalue weighted by molar-refractivity contribution is -0.151. The molecular formula is C16H24O4. The van der Waals surface area contributed by atoms with Crippen molar-refractivity contribution in [3.05, 3.63) is 23.3 Å². The first-order valence-electron chi connectivity index (χ1n) is 7.02. The molecule has 0 aromatic rings. The zero-order valence-corrected chi connectivity index (χ0v) is 12.9. The number of carbonyl (C=O) groups excluding carboxylic acids is 2. The molecule has 1 unspecified atom stereocenters. The third-order valence-electron chi connectivity index (χ3n) is 4.28. The fourth-order valence-corrected chi connectivity index (χ4v) is 2.94. The van der Waals surface area contributed by atoms with Crippen LogP contribution < -0.4 is 0 Å². The highest BCUT2D eigenvalue weighted by atomic mass is 16.5. The number of allylic oxidation sites excluding steroid dienone is 1. The van der Waals surface area contributed by atoms with E-state index in [1.54, 1.807) is 0 Å². The van der Waals surface area contributed by atoms with E-state index in [0.29, 0.717) is 24.8 Å². The Balaban J connectivity index is 3.23.